The second-order valence-corrected chi connectivity index (χ2v) is 6.15. The quantitative estimate of drug-likeness (QED) is 0.371. The molecule has 4 rings (SSSR count). The number of aromatic nitrogens is 3. The van der Waals surface area contributed by atoms with Gasteiger partial charge in [-0.15, -0.1) is 0 Å². The van der Waals surface area contributed by atoms with E-state index in [1.165, 1.54) is 12.1 Å². The highest BCUT2D eigenvalue weighted by Crippen LogP contribution is 2.32. The number of ether oxygens (including phenoxy) is 1. The summed E-state index contributed by atoms with van der Waals surface area (Å²) in [6.45, 7) is 4.32. The van der Waals surface area contributed by atoms with Crippen LogP contribution in [0.25, 0.3) is 33.7 Å². The lowest BCUT2D eigenvalue weighted by atomic mass is 10.1. The summed E-state index contributed by atoms with van der Waals surface area (Å²) >= 11 is 0. The number of aryl methyl sites for hydroxylation is 1. The Morgan fingerprint density at radius 3 is 2.64 bits per heavy atom. The standard InChI is InChI=1S/C20H16N4O4/c1-3-27-20-16(11-14-6-4-5-12(2)17(14)21-20)18-22-19(28-23-18)13-7-9-15(10-8-13)24(25)26/h4-11H,3H2,1-2H3. The molecule has 4 aromatic rings. The van der Waals surface area contributed by atoms with Crippen LogP contribution in [-0.4, -0.2) is 26.7 Å². The average molecular weight is 376 g/mol. The molecular formula is C20H16N4O4. The monoisotopic (exact) mass is 376 g/mol. The van der Waals surface area contributed by atoms with Crippen molar-refractivity contribution in [1.82, 2.24) is 15.1 Å². The minimum atomic E-state index is -0.458. The van der Waals surface area contributed by atoms with Crippen LogP contribution in [0, 0.1) is 17.0 Å². The van der Waals surface area contributed by atoms with E-state index in [4.69, 9.17) is 9.26 Å². The van der Waals surface area contributed by atoms with Gasteiger partial charge in [-0.1, -0.05) is 23.4 Å². The van der Waals surface area contributed by atoms with Crippen molar-refractivity contribution >= 4 is 16.6 Å². The van der Waals surface area contributed by atoms with Crippen molar-refractivity contribution in [2.24, 2.45) is 0 Å². The summed E-state index contributed by atoms with van der Waals surface area (Å²) in [6, 6.07) is 13.8. The van der Waals surface area contributed by atoms with Gasteiger partial charge >= 0.3 is 0 Å². The lowest BCUT2D eigenvalue weighted by Gasteiger charge is -2.09. The number of pyridine rings is 1. The number of nitrogens with zero attached hydrogens (tertiary/aromatic N) is 4. The Kier molecular flexibility index (Phi) is 4.44. The number of non-ortho nitro benzene ring substituents is 1. The molecule has 0 aliphatic carbocycles. The molecule has 0 atom stereocenters. The van der Waals surface area contributed by atoms with Gasteiger partial charge in [-0.2, -0.15) is 4.98 Å². The Morgan fingerprint density at radius 1 is 1.14 bits per heavy atom. The molecule has 0 bridgehead atoms. The van der Waals surface area contributed by atoms with Crippen LogP contribution < -0.4 is 4.74 Å². The van der Waals surface area contributed by atoms with Gasteiger partial charge in [-0.25, -0.2) is 4.98 Å². The predicted octanol–water partition coefficient (Wildman–Crippen LogP) is 4.57. The van der Waals surface area contributed by atoms with E-state index in [1.54, 1.807) is 12.1 Å². The molecule has 0 amide bonds. The molecule has 0 fully saturated rings. The fourth-order valence-electron chi connectivity index (χ4n) is 2.91. The molecule has 8 heteroatoms. The highest BCUT2D eigenvalue weighted by Gasteiger charge is 2.18. The van der Waals surface area contributed by atoms with Crippen LogP contribution in [-0.2, 0) is 0 Å². The van der Waals surface area contributed by atoms with Gasteiger partial charge in [-0.05, 0) is 37.6 Å². The Balaban J connectivity index is 1.78. The van der Waals surface area contributed by atoms with Crippen LogP contribution in [0.4, 0.5) is 5.69 Å². The van der Waals surface area contributed by atoms with E-state index in [0.29, 0.717) is 29.4 Å². The number of benzene rings is 2. The van der Waals surface area contributed by atoms with Crippen molar-refractivity contribution in [2.75, 3.05) is 6.61 Å². The molecule has 0 radical (unpaired) electrons. The van der Waals surface area contributed by atoms with Crippen molar-refractivity contribution in [1.29, 1.82) is 0 Å². The van der Waals surface area contributed by atoms with Crippen molar-refractivity contribution < 1.29 is 14.2 Å². The van der Waals surface area contributed by atoms with Gasteiger partial charge in [0.1, 0.15) is 0 Å². The molecule has 0 aliphatic heterocycles. The van der Waals surface area contributed by atoms with E-state index < -0.39 is 4.92 Å². The molecule has 0 saturated heterocycles. The fourth-order valence-corrected chi connectivity index (χ4v) is 2.91. The van der Waals surface area contributed by atoms with E-state index in [9.17, 15) is 10.1 Å². The number of hydrogen-bond donors (Lipinski definition) is 0. The third-order valence-electron chi connectivity index (χ3n) is 4.29. The van der Waals surface area contributed by atoms with Crippen molar-refractivity contribution in [3.63, 3.8) is 0 Å². The first-order chi connectivity index (χ1) is 13.6. The molecule has 2 heterocycles. The zero-order valence-electron chi connectivity index (χ0n) is 15.2. The molecule has 0 aliphatic rings. The van der Waals surface area contributed by atoms with Crippen molar-refractivity contribution in [3.8, 4) is 28.7 Å². The fraction of sp³-hybridized carbons (Fsp3) is 0.150. The van der Waals surface area contributed by atoms with Crippen LogP contribution in [0.15, 0.2) is 53.1 Å². The van der Waals surface area contributed by atoms with Crippen LogP contribution in [0.5, 0.6) is 5.88 Å². The lowest BCUT2D eigenvalue weighted by Crippen LogP contribution is -1.99. The molecule has 0 unspecified atom stereocenters. The Labute approximate surface area is 159 Å². The zero-order valence-corrected chi connectivity index (χ0v) is 15.2. The van der Waals surface area contributed by atoms with Crippen molar-refractivity contribution in [2.45, 2.75) is 13.8 Å². The highest BCUT2D eigenvalue weighted by atomic mass is 16.6. The van der Waals surface area contributed by atoms with Gasteiger partial charge in [0.2, 0.25) is 11.7 Å². The number of fused-ring (bicyclic) bond motifs is 1. The second kappa shape index (κ2) is 7.07. The number of rotatable bonds is 5. The number of nitro groups is 1. The van der Waals surface area contributed by atoms with E-state index >= 15 is 0 Å². The normalized spacial score (nSPS) is 10.9. The largest absolute Gasteiger partial charge is 0.477 e. The molecular weight excluding hydrogens is 360 g/mol. The lowest BCUT2D eigenvalue weighted by molar-refractivity contribution is -0.384. The summed E-state index contributed by atoms with van der Waals surface area (Å²) in [6.07, 6.45) is 0. The molecule has 140 valence electrons. The van der Waals surface area contributed by atoms with Gasteiger partial charge in [0.05, 0.1) is 22.6 Å². The van der Waals surface area contributed by atoms with Crippen LogP contribution in [0.2, 0.25) is 0 Å². The first-order valence-corrected chi connectivity index (χ1v) is 8.69. The van der Waals surface area contributed by atoms with Crippen molar-refractivity contribution in [3.05, 3.63) is 64.2 Å². The first kappa shape index (κ1) is 17.6. The van der Waals surface area contributed by atoms with E-state index in [1.807, 2.05) is 38.1 Å². The van der Waals surface area contributed by atoms with Gasteiger partial charge in [0.15, 0.2) is 0 Å². The summed E-state index contributed by atoms with van der Waals surface area (Å²) in [5.41, 5.74) is 3.11. The summed E-state index contributed by atoms with van der Waals surface area (Å²) in [4.78, 5) is 19.4. The van der Waals surface area contributed by atoms with Gasteiger partial charge in [0, 0.05) is 23.1 Å². The predicted molar refractivity (Wildman–Crippen MR) is 103 cm³/mol. The van der Waals surface area contributed by atoms with E-state index in [0.717, 1.165) is 16.5 Å². The second-order valence-electron chi connectivity index (χ2n) is 6.15. The minimum absolute atomic E-state index is 0.00350. The molecule has 28 heavy (non-hydrogen) atoms. The molecule has 2 aromatic carbocycles. The average Bonchev–Trinajstić information content (AvgIpc) is 3.18. The summed E-state index contributed by atoms with van der Waals surface area (Å²) in [7, 11) is 0. The minimum Gasteiger partial charge on any atom is -0.477 e. The first-order valence-electron chi connectivity index (χ1n) is 8.69. The topological polar surface area (TPSA) is 104 Å². The maximum Gasteiger partial charge on any atom is 0.269 e. The van der Waals surface area contributed by atoms with E-state index in [-0.39, 0.29) is 11.6 Å². The van der Waals surface area contributed by atoms with Gasteiger partial charge in [-0.3, -0.25) is 10.1 Å². The third kappa shape index (κ3) is 3.16. The summed E-state index contributed by atoms with van der Waals surface area (Å²) in [5.74, 6) is 1.03. The highest BCUT2D eigenvalue weighted by molar-refractivity contribution is 5.87. The van der Waals surface area contributed by atoms with E-state index in [2.05, 4.69) is 15.1 Å². The van der Waals surface area contributed by atoms with Crippen LogP contribution in [0.3, 0.4) is 0 Å². The van der Waals surface area contributed by atoms with Crippen LogP contribution in [0.1, 0.15) is 12.5 Å². The summed E-state index contributed by atoms with van der Waals surface area (Å²) < 4.78 is 11.1. The number of nitro benzene ring substituents is 1. The third-order valence-corrected chi connectivity index (χ3v) is 4.29. The zero-order chi connectivity index (χ0) is 19.7. The Morgan fingerprint density at radius 2 is 1.93 bits per heavy atom. The Hall–Kier alpha value is -3.81. The van der Waals surface area contributed by atoms with Gasteiger partial charge in [0.25, 0.3) is 11.6 Å². The molecule has 0 N–H and O–H groups in total. The number of para-hydroxylation sites is 1. The maximum absolute atomic E-state index is 10.8. The SMILES string of the molecule is CCOc1nc2c(C)cccc2cc1-c1noc(-c2ccc([N+](=O)[O-])cc2)n1. The Bertz CT molecular complexity index is 1170. The van der Waals surface area contributed by atoms with Gasteiger partial charge < -0.3 is 9.26 Å². The molecule has 2 aromatic heterocycles. The molecule has 0 saturated carbocycles. The maximum atomic E-state index is 10.8. The molecule has 8 nitrogen and oxygen atoms in total. The summed E-state index contributed by atoms with van der Waals surface area (Å²) in [5, 5.41) is 15.8. The van der Waals surface area contributed by atoms with Crippen LogP contribution >= 0.6 is 0 Å². The number of hydrogen-bond acceptors (Lipinski definition) is 7. The smallest absolute Gasteiger partial charge is 0.269 e. The molecule has 0 spiro atoms.